The number of hydrogen-bond donors (Lipinski definition) is 1. The molecule has 4 rings (SSSR count). The number of nitrogens with zero attached hydrogens (tertiary/aromatic N) is 3. The fourth-order valence-corrected chi connectivity index (χ4v) is 2.66. The van der Waals surface area contributed by atoms with Crippen molar-refractivity contribution >= 4 is 21.9 Å². The Bertz CT molecular complexity index is 1180. The smallest absolute Gasteiger partial charge is 0.305 e. The molecule has 7 heteroatoms. The molecule has 2 aromatic carbocycles. The van der Waals surface area contributed by atoms with Gasteiger partial charge in [-0.05, 0) is 17.7 Å². The van der Waals surface area contributed by atoms with Crippen molar-refractivity contribution in [2.45, 2.75) is 6.54 Å². The van der Waals surface area contributed by atoms with Crippen LogP contribution in [0.15, 0.2) is 58.1 Å². The largest absolute Gasteiger partial charge is 0.329 e. The Morgan fingerprint density at radius 2 is 1.83 bits per heavy atom. The van der Waals surface area contributed by atoms with E-state index in [1.807, 2.05) is 30.3 Å². The third-order valence-corrected chi connectivity index (χ3v) is 3.83. The molecule has 0 saturated carbocycles. The molecule has 1 N–H and O–H groups in total. The van der Waals surface area contributed by atoms with Crippen molar-refractivity contribution in [1.29, 1.82) is 0 Å². The van der Waals surface area contributed by atoms with Gasteiger partial charge in [-0.2, -0.15) is 0 Å². The summed E-state index contributed by atoms with van der Waals surface area (Å²) in [5.41, 5.74) is 0.328. The fraction of sp³-hybridized carbons (Fsp3) is 0.0588. The topological polar surface area (TPSA) is 80.6 Å². The standard InChI is InChI=1S/C17H11FN4O2/c18-11-6-7-12-13(8-11)20-21-15-14(12)19-17(24)22(16(15)23)9-10-4-2-1-3-5-10/h1-8H,9H2,(H,19,24). The van der Waals surface area contributed by atoms with E-state index < -0.39 is 17.1 Å². The van der Waals surface area contributed by atoms with Gasteiger partial charge >= 0.3 is 5.69 Å². The summed E-state index contributed by atoms with van der Waals surface area (Å²) in [5.74, 6) is -0.462. The van der Waals surface area contributed by atoms with Crippen LogP contribution in [-0.4, -0.2) is 19.7 Å². The first-order valence-corrected chi connectivity index (χ1v) is 7.26. The van der Waals surface area contributed by atoms with E-state index in [-0.39, 0.29) is 23.1 Å². The number of aromatic amines is 1. The van der Waals surface area contributed by atoms with E-state index in [4.69, 9.17) is 0 Å². The van der Waals surface area contributed by atoms with E-state index in [2.05, 4.69) is 15.2 Å². The first-order chi connectivity index (χ1) is 11.6. The van der Waals surface area contributed by atoms with Crippen molar-refractivity contribution in [2.24, 2.45) is 0 Å². The highest BCUT2D eigenvalue weighted by Gasteiger charge is 2.13. The molecule has 0 saturated heterocycles. The third kappa shape index (κ3) is 2.26. The first-order valence-electron chi connectivity index (χ1n) is 7.26. The lowest BCUT2D eigenvalue weighted by Crippen LogP contribution is -2.36. The Kier molecular flexibility index (Phi) is 3.19. The molecule has 0 spiro atoms. The highest BCUT2D eigenvalue weighted by atomic mass is 19.1. The lowest BCUT2D eigenvalue weighted by molar-refractivity contribution is 0.629. The summed E-state index contributed by atoms with van der Waals surface area (Å²) in [6, 6.07) is 13.1. The number of rotatable bonds is 2. The van der Waals surface area contributed by atoms with E-state index in [0.717, 1.165) is 10.1 Å². The van der Waals surface area contributed by atoms with E-state index in [1.54, 1.807) is 0 Å². The van der Waals surface area contributed by atoms with Crippen LogP contribution in [0, 0.1) is 5.82 Å². The molecular weight excluding hydrogens is 311 g/mol. The number of nitrogens with one attached hydrogen (secondary N) is 1. The number of aromatic nitrogens is 4. The van der Waals surface area contributed by atoms with Gasteiger partial charge in [-0.3, -0.25) is 9.36 Å². The molecule has 118 valence electrons. The maximum atomic E-state index is 13.3. The van der Waals surface area contributed by atoms with Gasteiger partial charge in [0.2, 0.25) is 0 Å². The number of benzene rings is 2. The monoisotopic (exact) mass is 322 g/mol. The zero-order valence-corrected chi connectivity index (χ0v) is 12.4. The molecule has 0 unspecified atom stereocenters. The Morgan fingerprint density at radius 1 is 1.04 bits per heavy atom. The quantitative estimate of drug-likeness (QED) is 0.571. The van der Waals surface area contributed by atoms with Crippen LogP contribution in [0.4, 0.5) is 4.39 Å². The summed E-state index contributed by atoms with van der Waals surface area (Å²) in [5, 5.41) is 8.23. The van der Waals surface area contributed by atoms with Gasteiger partial charge in [0.15, 0.2) is 5.52 Å². The minimum Gasteiger partial charge on any atom is -0.305 e. The predicted molar refractivity (Wildman–Crippen MR) is 87.4 cm³/mol. The molecular formula is C17H11FN4O2. The second kappa shape index (κ2) is 5.38. The highest BCUT2D eigenvalue weighted by molar-refractivity contribution is 6.00. The van der Waals surface area contributed by atoms with Gasteiger partial charge in [0, 0.05) is 11.5 Å². The SMILES string of the molecule is O=c1[nH]c2c(nnc3cc(F)ccc32)c(=O)n1Cc1ccccc1. The minimum absolute atomic E-state index is 0.0460. The Morgan fingerprint density at radius 3 is 2.62 bits per heavy atom. The predicted octanol–water partition coefficient (Wildman–Crippen LogP) is 1.82. The van der Waals surface area contributed by atoms with E-state index in [0.29, 0.717) is 5.39 Å². The second-order valence-corrected chi connectivity index (χ2v) is 5.39. The molecule has 0 atom stereocenters. The zero-order chi connectivity index (χ0) is 16.7. The highest BCUT2D eigenvalue weighted by Crippen LogP contribution is 2.18. The van der Waals surface area contributed by atoms with Gasteiger partial charge in [-0.15, -0.1) is 10.2 Å². The van der Waals surface area contributed by atoms with Gasteiger partial charge in [-0.1, -0.05) is 30.3 Å². The van der Waals surface area contributed by atoms with E-state index in [9.17, 15) is 14.0 Å². The summed E-state index contributed by atoms with van der Waals surface area (Å²) in [7, 11) is 0. The van der Waals surface area contributed by atoms with Crippen LogP contribution >= 0.6 is 0 Å². The zero-order valence-electron chi connectivity index (χ0n) is 12.4. The van der Waals surface area contributed by atoms with Gasteiger partial charge in [0.25, 0.3) is 5.56 Å². The van der Waals surface area contributed by atoms with Gasteiger partial charge in [0.1, 0.15) is 5.82 Å². The number of halogens is 1. The van der Waals surface area contributed by atoms with Crippen LogP contribution in [0.5, 0.6) is 0 Å². The van der Waals surface area contributed by atoms with E-state index in [1.165, 1.54) is 18.2 Å². The Hall–Kier alpha value is -3.35. The summed E-state index contributed by atoms with van der Waals surface area (Å²) in [4.78, 5) is 27.6. The average Bonchev–Trinajstić information content (AvgIpc) is 2.59. The molecule has 2 heterocycles. The van der Waals surface area contributed by atoms with Crippen LogP contribution in [0.25, 0.3) is 21.9 Å². The minimum atomic E-state index is -0.546. The number of H-pyrrole nitrogens is 1. The van der Waals surface area contributed by atoms with Crippen molar-refractivity contribution in [3.05, 3.63) is 80.7 Å². The van der Waals surface area contributed by atoms with Crippen LogP contribution in [0.2, 0.25) is 0 Å². The van der Waals surface area contributed by atoms with Crippen LogP contribution in [0.1, 0.15) is 5.56 Å². The van der Waals surface area contributed by atoms with Crippen molar-refractivity contribution in [2.75, 3.05) is 0 Å². The fourth-order valence-electron chi connectivity index (χ4n) is 2.66. The first kappa shape index (κ1) is 14.3. The molecule has 0 aliphatic heterocycles. The summed E-state index contributed by atoms with van der Waals surface area (Å²) in [6.45, 7) is 0.133. The number of fused-ring (bicyclic) bond motifs is 3. The Labute approximate surface area is 134 Å². The molecule has 0 aliphatic rings. The van der Waals surface area contributed by atoms with E-state index >= 15 is 0 Å². The summed E-state index contributed by atoms with van der Waals surface area (Å²) in [6.07, 6.45) is 0. The molecule has 6 nitrogen and oxygen atoms in total. The van der Waals surface area contributed by atoms with Crippen molar-refractivity contribution in [3.63, 3.8) is 0 Å². The summed E-state index contributed by atoms with van der Waals surface area (Å²) < 4.78 is 14.4. The molecule has 0 radical (unpaired) electrons. The molecule has 0 aliphatic carbocycles. The van der Waals surface area contributed by atoms with Crippen LogP contribution < -0.4 is 11.2 Å². The lowest BCUT2D eigenvalue weighted by Gasteiger charge is -2.07. The van der Waals surface area contributed by atoms with Crippen molar-refractivity contribution in [1.82, 2.24) is 19.7 Å². The molecule has 24 heavy (non-hydrogen) atoms. The second-order valence-electron chi connectivity index (χ2n) is 5.39. The van der Waals surface area contributed by atoms with Crippen molar-refractivity contribution < 1.29 is 4.39 Å². The molecule has 0 bridgehead atoms. The molecule has 0 fully saturated rings. The van der Waals surface area contributed by atoms with Crippen molar-refractivity contribution in [3.8, 4) is 0 Å². The van der Waals surface area contributed by atoms with Gasteiger partial charge in [-0.25, -0.2) is 9.18 Å². The number of hydrogen-bond acceptors (Lipinski definition) is 4. The molecule has 0 amide bonds. The lowest BCUT2D eigenvalue weighted by atomic mass is 10.2. The maximum Gasteiger partial charge on any atom is 0.329 e. The maximum absolute atomic E-state index is 13.3. The third-order valence-electron chi connectivity index (χ3n) is 3.83. The van der Waals surface area contributed by atoms with Crippen LogP contribution in [-0.2, 0) is 6.54 Å². The Balaban J connectivity index is 1.98. The average molecular weight is 322 g/mol. The summed E-state index contributed by atoms with van der Waals surface area (Å²) >= 11 is 0. The molecule has 4 aromatic rings. The van der Waals surface area contributed by atoms with Gasteiger partial charge < -0.3 is 4.98 Å². The van der Waals surface area contributed by atoms with Gasteiger partial charge in [0.05, 0.1) is 17.6 Å². The van der Waals surface area contributed by atoms with Crippen LogP contribution in [0.3, 0.4) is 0 Å². The molecule has 2 aromatic heterocycles. The normalized spacial score (nSPS) is 11.2.